The minimum atomic E-state index is -0.721. The summed E-state index contributed by atoms with van der Waals surface area (Å²) < 4.78 is 123. The van der Waals surface area contributed by atoms with Crippen LogP contribution in [0.15, 0.2) is 174 Å². The van der Waals surface area contributed by atoms with Gasteiger partial charge >= 0.3 is 0 Å². The van der Waals surface area contributed by atoms with Crippen molar-refractivity contribution in [3.05, 3.63) is 170 Å². The Labute approximate surface area is 279 Å². The van der Waals surface area contributed by atoms with Crippen LogP contribution in [0.5, 0.6) is 0 Å². The molecule has 0 N–H and O–H groups in total. The van der Waals surface area contributed by atoms with Gasteiger partial charge in [-0.15, -0.1) is 0 Å². The highest BCUT2D eigenvalue weighted by Gasteiger charge is 2.22. The Balaban J connectivity index is 1.57. The molecule has 0 atom stereocenters. The maximum Gasteiger partial charge on any atom is 0.136 e. The van der Waals surface area contributed by atoms with Crippen molar-refractivity contribution < 1.29 is 22.2 Å². The van der Waals surface area contributed by atoms with E-state index in [0.717, 1.165) is 16.5 Å². The normalized spacial score (nSPS) is 15.6. The molecule has 0 bridgehead atoms. The van der Waals surface area contributed by atoms with E-state index in [1.807, 2.05) is 78.9 Å². The molecule has 0 unspecified atom stereocenters. The molecule has 0 saturated heterocycles. The first-order chi connectivity index (χ1) is 27.7. The second kappa shape index (κ2) is 10.4. The molecule has 45 heavy (non-hydrogen) atoms. The van der Waals surface area contributed by atoms with Crippen molar-refractivity contribution in [2.45, 2.75) is 0 Å². The van der Waals surface area contributed by atoms with Crippen LogP contribution in [0, 0.1) is 0 Å². The predicted octanol–water partition coefficient (Wildman–Crippen LogP) is 12.6. The fraction of sp³-hybridized carbons (Fsp3) is 0. The van der Waals surface area contributed by atoms with Gasteiger partial charge < -0.3 is 4.42 Å². The van der Waals surface area contributed by atoms with E-state index in [9.17, 15) is 5.48 Å². The molecular formula is C44H28O. The Hall–Kier alpha value is -5.92. The monoisotopic (exact) mass is 585 g/mol. The van der Waals surface area contributed by atoms with E-state index in [1.165, 1.54) is 0 Å². The van der Waals surface area contributed by atoms with E-state index < -0.39 is 84.1 Å². The lowest BCUT2D eigenvalue weighted by atomic mass is 9.82. The minimum Gasteiger partial charge on any atom is -0.456 e. The summed E-state index contributed by atoms with van der Waals surface area (Å²) in [7, 11) is 0. The molecule has 210 valence electrons. The number of hydrogen-bond acceptors (Lipinski definition) is 1. The van der Waals surface area contributed by atoms with E-state index in [-0.39, 0.29) is 32.7 Å². The first-order valence-electron chi connectivity index (χ1n) is 20.9. The molecule has 8 aromatic carbocycles. The van der Waals surface area contributed by atoms with Crippen molar-refractivity contribution in [1.82, 2.24) is 0 Å². The zero-order valence-electron chi connectivity index (χ0n) is 36.6. The Bertz CT molecular complexity index is 3140. The maximum absolute atomic E-state index is 9.46. The van der Waals surface area contributed by atoms with Crippen molar-refractivity contribution in [2.75, 3.05) is 0 Å². The molecule has 0 aliphatic heterocycles. The molecule has 1 nitrogen and oxygen atoms in total. The van der Waals surface area contributed by atoms with E-state index in [4.69, 9.17) is 16.8 Å². The summed E-state index contributed by atoms with van der Waals surface area (Å²) in [4.78, 5) is 0. The third-order valence-corrected chi connectivity index (χ3v) is 8.22. The Morgan fingerprint density at radius 2 is 0.911 bits per heavy atom. The second-order valence-electron chi connectivity index (χ2n) is 10.7. The van der Waals surface area contributed by atoms with E-state index in [1.54, 1.807) is 12.1 Å². The molecule has 0 aliphatic rings. The molecule has 9 rings (SSSR count). The van der Waals surface area contributed by atoms with Gasteiger partial charge in [-0.25, -0.2) is 0 Å². The molecule has 0 saturated carbocycles. The number of hydrogen-bond donors (Lipinski definition) is 0. The van der Waals surface area contributed by atoms with Crippen LogP contribution >= 0.6 is 0 Å². The molecule has 0 radical (unpaired) electrons. The lowest BCUT2D eigenvalue weighted by molar-refractivity contribution is 0.669. The van der Waals surface area contributed by atoms with E-state index in [2.05, 4.69) is 0 Å². The Morgan fingerprint density at radius 1 is 0.356 bits per heavy atom. The zero-order valence-corrected chi connectivity index (χ0v) is 23.6. The van der Waals surface area contributed by atoms with Crippen LogP contribution in [-0.4, -0.2) is 0 Å². The Morgan fingerprint density at radius 3 is 1.60 bits per heavy atom. The van der Waals surface area contributed by atoms with Gasteiger partial charge in [0.1, 0.15) is 11.2 Å². The van der Waals surface area contributed by atoms with Gasteiger partial charge in [0.2, 0.25) is 0 Å². The van der Waals surface area contributed by atoms with E-state index >= 15 is 0 Å². The number of rotatable bonds is 4. The smallest absolute Gasteiger partial charge is 0.136 e. The second-order valence-corrected chi connectivity index (χ2v) is 10.7. The third kappa shape index (κ3) is 4.09. The molecule has 0 amide bonds. The highest BCUT2D eigenvalue weighted by atomic mass is 16.3. The van der Waals surface area contributed by atoms with Crippen LogP contribution in [-0.2, 0) is 0 Å². The fourth-order valence-electron chi connectivity index (χ4n) is 6.30. The average Bonchev–Trinajstić information content (AvgIpc) is 3.63. The summed E-state index contributed by atoms with van der Waals surface area (Å²) in [5.74, 6) is 0. The summed E-state index contributed by atoms with van der Waals surface area (Å²) in [5, 5.41) is 0.548. The molecular weight excluding hydrogens is 544 g/mol. The van der Waals surface area contributed by atoms with Crippen LogP contribution in [0.4, 0.5) is 0 Å². The summed E-state index contributed by atoms with van der Waals surface area (Å²) in [6.07, 6.45) is 0. The van der Waals surface area contributed by atoms with Crippen molar-refractivity contribution in [3.8, 4) is 44.5 Å². The van der Waals surface area contributed by atoms with Gasteiger partial charge in [-0.05, 0) is 78.7 Å². The topological polar surface area (TPSA) is 13.1 Å². The van der Waals surface area contributed by atoms with E-state index in [0.29, 0.717) is 33.2 Å². The highest BCUT2D eigenvalue weighted by Crippen LogP contribution is 2.49. The quantitative estimate of drug-likeness (QED) is 0.187. The predicted molar refractivity (Wildman–Crippen MR) is 190 cm³/mol. The molecule has 1 aromatic heterocycles. The highest BCUT2D eigenvalue weighted by molar-refractivity contribution is 6.25. The Kier molecular flexibility index (Phi) is 3.62. The van der Waals surface area contributed by atoms with Crippen molar-refractivity contribution >= 4 is 43.5 Å². The third-order valence-electron chi connectivity index (χ3n) is 8.22. The SMILES string of the molecule is [2H]c1c([2H])c([2H])c(-c2c3c([2H])c([2H])c([2H])c([2H])c3c(-c3ccc4oc5ccccc5c4c3-c3ccc(-c4ccccc4)cc3)c3c([2H])c([2H])c([2H])c([2H])c23)c([2H])c1[2H]. The van der Waals surface area contributed by atoms with Crippen LogP contribution in [0.2, 0.25) is 0 Å². The maximum atomic E-state index is 9.46. The summed E-state index contributed by atoms with van der Waals surface area (Å²) in [5.41, 5.74) is 3.82. The van der Waals surface area contributed by atoms with Crippen molar-refractivity contribution in [1.29, 1.82) is 0 Å². The van der Waals surface area contributed by atoms with Gasteiger partial charge in [0.25, 0.3) is 0 Å². The molecule has 1 heteroatoms. The van der Waals surface area contributed by atoms with Crippen LogP contribution in [0.25, 0.3) is 88.0 Å². The van der Waals surface area contributed by atoms with Crippen molar-refractivity contribution in [3.63, 3.8) is 0 Å². The number of furan rings is 1. The molecule has 0 fully saturated rings. The van der Waals surface area contributed by atoms with Crippen LogP contribution in [0.3, 0.4) is 0 Å². The molecule has 0 aliphatic carbocycles. The van der Waals surface area contributed by atoms with Gasteiger partial charge in [-0.1, -0.05) is 151 Å². The number of fused-ring (bicyclic) bond motifs is 5. The molecule has 1 heterocycles. The number of benzene rings is 8. The average molecular weight is 586 g/mol. The summed E-state index contributed by atoms with van der Waals surface area (Å²) >= 11 is 0. The van der Waals surface area contributed by atoms with Crippen LogP contribution in [0.1, 0.15) is 17.8 Å². The van der Waals surface area contributed by atoms with Gasteiger partial charge in [0.15, 0.2) is 0 Å². The summed E-state index contributed by atoms with van der Waals surface area (Å²) in [6, 6.07) is 19.9. The van der Waals surface area contributed by atoms with Gasteiger partial charge in [-0.3, -0.25) is 0 Å². The van der Waals surface area contributed by atoms with Crippen molar-refractivity contribution in [2.24, 2.45) is 0 Å². The lowest BCUT2D eigenvalue weighted by Crippen LogP contribution is -1.93. The minimum absolute atomic E-state index is 0.0504. The zero-order chi connectivity index (χ0) is 41.1. The number of para-hydroxylation sites is 1. The van der Waals surface area contributed by atoms with Gasteiger partial charge in [0.05, 0.1) is 17.8 Å². The fourth-order valence-corrected chi connectivity index (χ4v) is 6.30. The summed E-state index contributed by atoms with van der Waals surface area (Å²) in [6.45, 7) is 0. The standard InChI is InChI=1S/C44H28O/c1-3-13-29(14-4-1)30-23-25-32(26-24-30)42-38(27-28-40-44(42)37-21-11-12-22-39(37)45-40)43-35-19-9-7-17-33(35)41(31-15-5-2-6-16-31)34-18-8-10-20-36(34)43/h1-28H/i2D,5D,6D,7D,8D,9D,10D,15D,16D,17D,18D,19D,20D. The first kappa shape index (κ1) is 15.7. The largest absolute Gasteiger partial charge is 0.456 e. The van der Waals surface area contributed by atoms with Crippen LogP contribution < -0.4 is 0 Å². The van der Waals surface area contributed by atoms with Gasteiger partial charge in [0, 0.05) is 16.3 Å². The van der Waals surface area contributed by atoms with Gasteiger partial charge in [-0.2, -0.15) is 0 Å². The lowest BCUT2D eigenvalue weighted by Gasteiger charge is -2.20. The molecule has 9 aromatic rings. The molecule has 0 spiro atoms. The first-order valence-corrected chi connectivity index (χ1v) is 14.4.